The van der Waals surface area contributed by atoms with E-state index in [0.29, 0.717) is 17.0 Å². The minimum atomic E-state index is 0.448. The van der Waals surface area contributed by atoms with E-state index in [1.54, 1.807) is 0 Å². The number of aromatic nitrogens is 2. The topological polar surface area (TPSA) is 51.8 Å². The molecule has 0 aliphatic carbocycles. The molecule has 0 saturated carbocycles. The van der Waals surface area contributed by atoms with Crippen LogP contribution < -0.4 is 5.73 Å². The van der Waals surface area contributed by atoms with E-state index in [2.05, 4.69) is 41.4 Å². The Morgan fingerprint density at radius 2 is 2.17 bits per heavy atom. The quantitative estimate of drug-likeness (QED) is 0.814. The molecule has 0 aromatic carbocycles. The Morgan fingerprint density at radius 1 is 1.39 bits per heavy atom. The number of halogens is 1. The second-order valence-corrected chi connectivity index (χ2v) is 7.57. The van der Waals surface area contributed by atoms with Crippen molar-refractivity contribution >= 4 is 40.2 Å². The summed E-state index contributed by atoms with van der Waals surface area (Å²) in [4.78, 5) is 9.28. The number of thioether (sulfide) groups is 1. The summed E-state index contributed by atoms with van der Waals surface area (Å²) in [5, 5.41) is 0.448. The number of nitrogen functional groups attached to an aromatic ring is 1. The van der Waals surface area contributed by atoms with E-state index in [-0.39, 0.29) is 0 Å². The summed E-state index contributed by atoms with van der Waals surface area (Å²) in [6, 6.07) is 0. The Morgan fingerprint density at radius 3 is 2.78 bits per heavy atom. The van der Waals surface area contributed by atoms with Crippen LogP contribution in [0.2, 0.25) is 0 Å². The highest BCUT2D eigenvalue weighted by Crippen LogP contribution is 2.37. The summed E-state index contributed by atoms with van der Waals surface area (Å²) in [6.07, 6.45) is 4.77. The monoisotopic (exact) mass is 377 g/mol. The largest absolute Gasteiger partial charge is 0.383 e. The third kappa shape index (κ3) is 3.50. The van der Waals surface area contributed by atoms with E-state index in [9.17, 15) is 0 Å². The molecule has 3 nitrogen and oxygen atoms in total. The maximum atomic E-state index is 6.04. The standard InChI is InChI=1S/C13H20IN3S/c1-8(2)7-9-11(14)12(15)17-13(16-9)10-5-3-4-6-18-10/h8,10H,3-7H2,1-2H3,(H2,15,16,17). The zero-order chi connectivity index (χ0) is 13.1. The van der Waals surface area contributed by atoms with Gasteiger partial charge in [-0.3, -0.25) is 0 Å². The van der Waals surface area contributed by atoms with Crippen LogP contribution in [-0.2, 0) is 6.42 Å². The third-order valence-corrected chi connectivity index (χ3v) is 5.58. The average Bonchev–Trinajstić information content (AvgIpc) is 2.35. The Balaban J connectivity index is 2.27. The lowest BCUT2D eigenvalue weighted by atomic mass is 10.1. The third-order valence-electron chi connectivity index (χ3n) is 3.03. The number of hydrogen-bond donors (Lipinski definition) is 1. The van der Waals surface area contributed by atoms with Crippen LogP contribution in [0.15, 0.2) is 0 Å². The molecular weight excluding hydrogens is 357 g/mol. The molecule has 100 valence electrons. The van der Waals surface area contributed by atoms with Crippen LogP contribution in [0.4, 0.5) is 5.82 Å². The molecule has 1 saturated heterocycles. The van der Waals surface area contributed by atoms with E-state index < -0.39 is 0 Å². The lowest BCUT2D eigenvalue weighted by Crippen LogP contribution is -2.13. The maximum absolute atomic E-state index is 6.04. The molecule has 18 heavy (non-hydrogen) atoms. The highest BCUT2D eigenvalue weighted by Gasteiger charge is 2.21. The second-order valence-electron chi connectivity index (χ2n) is 5.18. The molecule has 2 rings (SSSR count). The molecule has 1 aromatic heterocycles. The lowest BCUT2D eigenvalue weighted by molar-refractivity contribution is 0.617. The van der Waals surface area contributed by atoms with E-state index in [4.69, 9.17) is 10.7 Å². The summed E-state index contributed by atoms with van der Waals surface area (Å²) >= 11 is 4.24. The van der Waals surface area contributed by atoms with Crippen molar-refractivity contribution in [1.82, 2.24) is 9.97 Å². The van der Waals surface area contributed by atoms with Gasteiger partial charge in [-0.15, -0.1) is 0 Å². The molecule has 2 heterocycles. The molecule has 5 heteroatoms. The highest BCUT2D eigenvalue weighted by molar-refractivity contribution is 14.1. The van der Waals surface area contributed by atoms with E-state index in [1.807, 2.05) is 11.8 Å². The van der Waals surface area contributed by atoms with Crippen molar-refractivity contribution in [3.05, 3.63) is 15.1 Å². The molecule has 1 unspecified atom stereocenters. The predicted octanol–water partition coefficient (Wildman–Crippen LogP) is 3.82. The van der Waals surface area contributed by atoms with Gasteiger partial charge in [-0.2, -0.15) is 11.8 Å². The molecule has 1 fully saturated rings. The van der Waals surface area contributed by atoms with Gasteiger partial charge in [-0.1, -0.05) is 20.3 Å². The van der Waals surface area contributed by atoms with Gasteiger partial charge in [-0.05, 0) is 53.5 Å². The van der Waals surface area contributed by atoms with Crippen LogP contribution in [0.3, 0.4) is 0 Å². The van der Waals surface area contributed by atoms with Crippen LogP contribution >= 0.6 is 34.4 Å². The van der Waals surface area contributed by atoms with Crippen LogP contribution in [0, 0.1) is 9.49 Å². The molecule has 1 atom stereocenters. The molecule has 0 spiro atoms. The smallest absolute Gasteiger partial charge is 0.144 e. The first-order valence-electron chi connectivity index (χ1n) is 6.51. The van der Waals surface area contributed by atoms with E-state index >= 15 is 0 Å². The van der Waals surface area contributed by atoms with Crippen molar-refractivity contribution in [2.24, 2.45) is 5.92 Å². The second kappa shape index (κ2) is 6.41. The van der Waals surface area contributed by atoms with Crippen molar-refractivity contribution in [2.75, 3.05) is 11.5 Å². The van der Waals surface area contributed by atoms with Gasteiger partial charge in [0.1, 0.15) is 11.6 Å². The van der Waals surface area contributed by atoms with Crippen molar-refractivity contribution in [2.45, 2.75) is 44.8 Å². The molecule has 2 N–H and O–H groups in total. The van der Waals surface area contributed by atoms with E-state index in [0.717, 1.165) is 21.5 Å². The van der Waals surface area contributed by atoms with Crippen LogP contribution in [0.1, 0.15) is 49.9 Å². The summed E-state index contributed by atoms with van der Waals surface area (Å²) in [7, 11) is 0. The summed E-state index contributed by atoms with van der Waals surface area (Å²) in [5.74, 6) is 3.43. The molecule has 0 amide bonds. The van der Waals surface area contributed by atoms with Crippen molar-refractivity contribution in [3.63, 3.8) is 0 Å². The normalized spacial score (nSPS) is 20.3. The SMILES string of the molecule is CC(C)Cc1nc(C2CCCCS2)nc(N)c1I. The fourth-order valence-electron chi connectivity index (χ4n) is 2.14. The number of rotatable bonds is 3. The first-order valence-corrected chi connectivity index (χ1v) is 8.64. The predicted molar refractivity (Wildman–Crippen MR) is 86.8 cm³/mol. The summed E-state index contributed by atoms with van der Waals surface area (Å²) in [6.45, 7) is 4.42. The molecule has 1 aromatic rings. The Kier molecular flexibility index (Phi) is 5.12. The average molecular weight is 377 g/mol. The van der Waals surface area contributed by atoms with Gasteiger partial charge in [0.15, 0.2) is 0 Å². The first-order chi connectivity index (χ1) is 8.58. The zero-order valence-electron chi connectivity index (χ0n) is 10.9. The van der Waals surface area contributed by atoms with E-state index in [1.165, 1.54) is 25.0 Å². The van der Waals surface area contributed by atoms with Gasteiger partial charge < -0.3 is 5.73 Å². The Hall–Kier alpha value is -0.0400. The Labute approximate surface area is 127 Å². The summed E-state index contributed by atoms with van der Waals surface area (Å²) in [5.41, 5.74) is 7.16. The molecule has 1 aliphatic heterocycles. The van der Waals surface area contributed by atoms with Gasteiger partial charge in [0, 0.05) is 0 Å². The molecule has 1 aliphatic rings. The highest BCUT2D eigenvalue weighted by atomic mass is 127. The van der Waals surface area contributed by atoms with Crippen molar-refractivity contribution < 1.29 is 0 Å². The number of anilines is 1. The fraction of sp³-hybridized carbons (Fsp3) is 0.692. The minimum absolute atomic E-state index is 0.448. The summed E-state index contributed by atoms with van der Waals surface area (Å²) < 4.78 is 1.03. The van der Waals surface area contributed by atoms with Crippen molar-refractivity contribution in [3.8, 4) is 0 Å². The minimum Gasteiger partial charge on any atom is -0.383 e. The number of hydrogen-bond acceptors (Lipinski definition) is 4. The van der Waals surface area contributed by atoms with Crippen LogP contribution in [0.25, 0.3) is 0 Å². The van der Waals surface area contributed by atoms with Crippen LogP contribution in [-0.4, -0.2) is 15.7 Å². The van der Waals surface area contributed by atoms with Crippen molar-refractivity contribution in [1.29, 1.82) is 0 Å². The molecular formula is C13H20IN3S. The Bertz CT molecular complexity index is 417. The fourth-order valence-corrected chi connectivity index (χ4v) is 3.85. The molecule has 0 bridgehead atoms. The van der Waals surface area contributed by atoms with Gasteiger partial charge >= 0.3 is 0 Å². The zero-order valence-corrected chi connectivity index (χ0v) is 13.9. The molecule has 0 radical (unpaired) electrons. The van der Waals surface area contributed by atoms with Gasteiger partial charge in [-0.25, -0.2) is 9.97 Å². The van der Waals surface area contributed by atoms with Gasteiger partial charge in [0.2, 0.25) is 0 Å². The first kappa shape index (κ1) is 14.4. The number of nitrogens with two attached hydrogens (primary N) is 1. The van der Waals surface area contributed by atoms with Gasteiger partial charge in [0.25, 0.3) is 0 Å². The number of nitrogens with zero attached hydrogens (tertiary/aromatic N) is 2. The van der Waals surface area contributed by atoms with Crippen LogP contribution in [0.5, 0.6) is 0 Å². The lowest BCUT2D eigenvalue weighted by Gasteiger charge is -2.21. The van der Waals surface area contributed by atoms with Gasteiger partial charge in [0.05, 0.1) is 14.5 Å². The maximum Gasteiger partial charge on any atom is 0.144 e.